The van der Waals surface area contributed by atoms with Gasteiger partial charge in [-0.3, -0.25) is 13.9 Å². The Bertz CT molecular complexity index is 1140. The van der Waals surface area contributed by atoms with Gasteiger partial charge in [0, 0.05) is 12.6 Å². The highest BCUT2D eigenvalue weighted by Crippen LogP contribution is 2.23. The summed E-state index contributed by atoms with van der Waals surface area (Å²) in [5, 5.41) is 3.15. The Morgan fingerprint density at radius 3 is 2.19 bits per heavy atom. The molecule has 1 aliphatic rings. The van der Waals surface area contributed by atoms with Gasteiger partial charge in [-0.2, -0.15) is 0 Å². The molecule has 1 N–H and O–H groups in total. The zero-order chi connectivity index (χ0) is 27.0. The number of benzene rings is 2. The highest BCUT2D eigenvalue weighted by atomic mass is 32.2. The van der Waals surface area contributed by atoms with Crippen LogP contribution < -0.4 is 14.4 Å². The van der Waals surface area contributed by atoms with Crippen LogP contribution in [-0.2, 0) is 26.2 Å². The van der Waals surface area contributed by atoms with Crippen molar-refractivity contribution < 1.29 is 22.7 Å². The molecular formula is C28H39N3O5S. The van der Waals surface area contributed by atoms with Crippen molar-refractivity contribution in [2.24, 2.45) is 0 Å². The van der Waals surface area contributed by atoms with Crippen LogP contribution in [0.4, 0.5) is 5.69 Å². The number of sulfonamides is 1. The normalized spacial score (nSPS) is 15.0. The SMILES string of the molecule is CC[C@H](C(=O)NC1CCCCC1)N(Cc1ccc(C)cc1)C(=O)CN(c1ccc(OC)cc1)S(C)(=O)=O. The number of rotatable bonds is 11. The van der Waals surface area contributed by atoms with E-state index in [1.54, 1.807) is 24.3 Å². The Balaban J connectivity index is 1.89. The zero-order valence-electron chi connectivity index (χ0n) is 22.3. The fraction of sp³-hybridized carbons (Fsp3) is 0.500. The Morgan fingerprint density at radius 1 is 1.03 bits per heavy atom. The number of hydrogen-bond donors (Lipinski definition) is 1. The summed E-state index contributed by atoms with van der Waals surface area (Å²) < 4.78 is 31.7. The molecule has 1 saturated carbocycles. The molecule has 0 unspecified atom stereocenters. The van der Waals surface area contributed by atoms with E-state index in [0.29, 0.717) is 17.9 Å². The maximum Gasteiger partial charge on any atom is 0.244 e. The highest BCUT2D eigenvalue weighted by molar-refractivity contribution is 7.92. The Morgan fingerprint density at radius 2 is 1.65 bits per heavy atom. The molecule has 37 heavy (non-hydrogen) atoms. The van der Waals surface area contributed by atoms with E-state index >= 15 is 0 Å². The van der Waals surface area contributed by atoms with Gasteiger partial charge in [0.05, 0.1) is 19.1 Å². The number of carbonyl (C=O) groups is 2. The van der Waals surface area contributed by atoms with Crippen molar-refractivity contribution in [1.82, 2.24) is 10.2 Å². The average Bonchev–Trinajstić information content (AvgIpc) is 2.88. The van der Waals surface area contributed by atoms with Gasteiger partial charge < -0.3 is 15.0 Å². The molecule has 0 aliphatic heterocycles. The van der Waals surface area contributed by atoms with Crippen LogP contribution in [0.25, 0.3) is 0 Å². The van der Waals surface area contributed by atoms with Crippen molar-refractivity contribution in [2.75, 3.05) is 24.2 Å². The monoisotopic (exact) mass is 529 g/mol. The molecule has 1 aliphatic carbocycles. The van der Waals surface area contributed by atoms with Gasteiger partial charge >= 0.3 is 0 Å². The lowest BCUT2D eigenvalue weighted by Gasteiger charge is -2.34. The molecule has 0 spiro atoms. The van der Waals surface area contributed by atoms with Crippen molar-refractivity contribution in [3.8, 4) is 5.75 Å². The van der Waals surface area contributed by atoms with Crippen LogP contribution in [0, 0.1) is 6.92 Å². The van der Waals surface area contributed by atoms with Crippen LogP contribution >= 0.6 is 0 Å². The highest BCUT2D eigenvalue weighted by Gasteiger charge is 2.32. The van der Waals surface area contributed by atoms with E-state index in [2.05, 4.69) is 5.32 Å². The maximum atomic E-state index is 13.8. The summed E-state index contributed by atoms with van der Waals surface area (Å²) in [4.78, 5) is 28.7. The first-order chi connectivity index (χ1) is 17.6. The molecule has 0 saturated heterocycles. The van der Waals surface area contributed by atoms with Crippen LogP contribution in [-0.4, -0.2) is 57.1 Å². The second-order valence-electron chi connectivity index (χ2n) is 9.74. The first kappa shape index (κ1) is 28.5. The molecule has 202 valence electrons. The van der Waals surface area contributed by atoms with Crippen molar-refractivity contribution in [2.45, 2.75) is 71.0 Å². The Kier molecular flexibility index (Phi) is 9.97. The molecule has 1 fully saturated rings. The van der Waals surface area contributed by atoms with E-state index in [-0.39, 0.29) is 18.5 Å². The number of nitrogens with one attached hydrogen (secondary N) is 1. The minimum absolute atomic E-state index is 0.110. The molecule has 2 amide bonds. The predicted octanol–water partition coefficient (Wildman–Crippen LogP) is 4.03. The van der Waals surface area contributed by atoms with Crippen LogP contribution in [0.15, 0.2) is 48.5 Å². The number of aryl methyl sites for hydroxylation is 1. The zero-order valence-corrected chi connectivity index (χ0v) is 23.1. The van der Waals surface area contributed by atoms with E-state index in [0.717, 1.165) is 47.4 Å². The van der Waals surface area contributed by atoms with E-state index in [9.17, 15) is 18.0 Å². The van der Waals surface area contributed by atoms with Gasteiger partial charge in [-0.05, 0) is 56.0 Å². The number of nitrogens with zero attached hydrogens (tertiary/aromatic N) is 2. The van der Waals surface area contributed by atoms with Crippen molar-refractivity contribution in [3.63, 3.8) is 0 Å². The molecule has 2 aromatic rings. The average molecular weight is 530 g/mol. The van der Waals surface area contributed by atoms with Crippen molar-refractivity contribution in [3.05, 3.63) is 59.7 Å². The Hall–Kier alpha value is -3.07. The number of methoxy groups -OCH3 is 1. The molecule has 0 heterocycles. The third-order valence-electron chi connectivity index (χ3n) is 6.85. The summed E-state index contributed by atoms with van der Waals surface area (Å²) in [7, 11) is -2.25. The summed E-state index contributed by atoms with van der Waals surface area (Å²) in [6.07, 6.45) is 6.70. The smallest absolute Gasteiger partial charge is 0.244 e. The third-order valence-corrected chi connectivity index (χ3v) is 7.99. The first-order valence-electron chi connectivity index (χ1n) is 12.9. The van der Waals surface area contributed by atoms with Crippen molar-refractivity contribution >= 4 is 27.5 Å². The third kappa shape index (κ3) is 7.95. The van der Waals surface area contributed by atoms with Gasteiger partial charge in [0.1, 0.15) is 18.3 Å². The standard InChI is InChI=1S/C28H39N3O5S/c1-5-26(28(33)29-23-9-7-6-8-10-23)30(19-22-13-11-21(2)12-14-22)27(32)20-31(37(4,34)35)24-15-17-25(36-3)18-16-24/h11-18,23,26H,5-10,19-20H2,1-4H3,(H,29,33)/t26-/m1/s1. The van der Waals surface area contributed by atoms with Crippen LogP contribution in [0.2, 0.25) is 0 Å². The maximum absolute atomic E-state index is 13.8. The fourth-order valence-electron chi connectivity index (χ4n) is 4.72. The summed E-state index contributed by atoms with van der Waals surface area (Å²) in [5.41, 5.74) is 2.32. The van der Waals surface area contributed by atoms with Crippen molar-refractivity contribution in [1.29, 1.82) is 0 Å². The van der Waals surface area contributed by atoms with Crippen LogP contribution in [0.5, 0.6) is 5.75 Å². The van der Waals surface area contributed by atoms with Gasteiger partial charge in [0.15, 0.2) is 0 Å². The molecule has 1 atom stereocenters. The fourth-order valence-corrected chi connectivity index (χ4v) is 5.57. The summed E-state index contributed by atoms with van der Waals surface area (Å²) >= 11 is 0. The first-order valence-corrected chi connectivity index (χ1v) is 14.7. The second kappa shape index (κ2) is 12.9. The topological polar surface area (TPSA) is 96.0 Å². The molecule has 0 aromatic heterocycles. The Labute approximate surface area is 221 Å². The molecule has 0 radical (unpaired) electrons. The van der Waals surface area contributed by atoms with Gasteiger partial charge in [-0.1, -0.05) is 56.0 Å². The molecular weight excluding hydrogens is 490 g/mol. The quantitative estimate of drug-likeness (QED) is 0.474. The minimum atomic E-state index is -3.78. The number of carbonyl (C=O) groups excluding carboxylic acids is 2. The molecule has 9 heteroatoms. The van der Waals surface area contributed by atoms with Gasteiger partial charge in [-0.25, -0.2) is 8.42 Å². The van der Waals surface area contributed by atoms with Crippen LogP contribution in [0.1, 0.15) is 56.6 Å². The van der Waals surface area contributed by atoms with E-state index in [1.807, 2.05) is 38.1 Å². The van der Waals surface area contributed by atoms with Gasteiger partial charge in [0.2, 0.25) is 21.8 Å². The molecule has 3 rings (SSSR count). The largest absolute Gasteiger partial charge is 0.497 e. The predicted molar refractivity (Wildman–Crippen MR) is 146 cm³/mol. The lowest BCUT2D eigenvalue weighted by atomic mass is 9.95. The number of amides is 2. The second-order valence-corrected chi connectivity index (χ2v) is 11.6. The van der Waals surface area contributed by atoms with Crippen LogP contribution in [0.3, 0.4) is 0 Å². The summed E-state index contributed by atoms with van der Waals surface area (Å²) in [5.74, 6) is -0.0485. The van der Waals surface area contributed by atoms with Gasteiger partial charge in [-0.15, -0.1) is 0 Å². The number of hydrogen-bond acceptors (Lipinski definition) is 5. The summed E-state index contributed by atoms with van der Waals surface area (Å²) in [6, 6.07) is 13.7. The summed E-state index contributed by atoms with van der Waals surface area (Å²) in [6.45, 7) is 3.65. The lowest BCUT2D eigenvalue weighted by Crippen LogP contribution is -2.53. The minimum Gasteiger partial charge on any atom is -0.497 e. The molecule has 8 nitrogen and oxygen atoms in total. The van der Waals surface area contributed by atoms with Gasteiger partial charge in [0.25, 0.3) is 0 Å². The molecule has 0 bridgehead atoms. The number of anilines is 1. The van der Waals surface area contributed by atoms with E-state index < -0.39 is 28.5 Å². The molecule has 2 aromatic carbocycles. The van der Waals surface area contributed by atoms with E-state index in [1.165, 1.54) is 18.4 Å². The lowest BCUT2D eigenvalue weighted by molar-refractivity contribution is -0.140. The van der Waals surface area contributed by atoms with E-state index in [4.69, 9.17) is 4.74 Å². The number of ether oxygens (including phenoxy) is 1.